The molecule has 1 N–H and O–H groups in total. The first-order chi connectivity index (χ1) is 17.0. The Morgan fingerprint density at radius 1 is 1.11 bits per heavy atom. The summed E-state index contributed by atoms with van der Waals surface area (Å²) in [7, 11) is 0. The molecule has 0 fully saturated rings. The minimum Gasteiger partial charge on any atom is -0.413 e. The van der Waals surface area contributed by atoms with Gasteiger partial charge in [0.15, 0.2) is 5.52 Å². The van der Waals surface area contributed by atoms with Gasteiger partial charge in [0.2, 0.25) is 11.2 Å². The average Bonchev–Trinajstić information content (AvgIpc) is 2.83. The molecule has 36 heavy (non-hydrogen) atoms. The van der Waals surface area contributed by atoms with Gasteiger partial charge in [0.05, 0.1) is 12.1 Å². The number of amides is 1. The first kappa shape index (κ1) is 24.7. The number of pyridine rings is 2. The summed E-state index contributed by atoms with van der Waals surface area (Å²) >= 11 is 5.96. The molecule has 0 unspecified atom stereocenters. The van der Waals surface area contributed by atoms with Gasteiger partial charge in [0, 0.05) is 36.0 Å². The van der Waals surface area contributed by atoms with Crippen LogP contribution in [-0.4, -0.2) is 32.0 Å². The topological polar surface area (TPSA) is 112 Å². The number of nitrogens with zero attached hydrogens (tertiary/aromatic N) is 3. The molecule has 0 aliphatic rings. The van der Waals surface area contributed by atoms with E-state index < -0.39 is 46.0 Å². The van der Waals surface area contributed by atoms with Gasteiger partial charge in [-0.25, -0.2) is 4.79 Å². The second kappa shape index (κ2) is 9.66. The third kappa shape index (κ3) is 5.13. The molecule has 4 aromatic rings. The standard InChI is InChI=1S/C23H14ClF3N4O5/c24-15-5-1-3-13(9-15)11-31-8-7-30-12-16(29-20(33)14-4-2-6-28-10-14)18(32)19(17(30)21(31)34)36-22(35)23(25,26)27/h1-10,12H,11H2,(H,29,33). The van der Waals surface area contributed by atoms with Gasteiger partial charge < -0.3 is 19.0 Å². The number of esters is 1. The molecule has 4 rings (SSSR count). The van der Waals surface area contributed by atoms with Gasteiger partial charge in [-0.1, -0.05) is 23.7 Å². The van der Waals surface area contributed by atoms with Crippen LogP contribution in [0.2, 0.25) is 5.02 Å². The van der Waals surface area contributed by atoms with Crippen molar-refractivity contribution < 1.29 is 27.5 Å². The van der Waals surface area contributed by atoms with Crippen LogP contribution in [0.5, 0.6) is 5.75 Å². The monoisotopic (exact) mass is 518 g/mol. The van der Waals surface area contributed by atoms with Crippen molar-refractivity contribution in [2.45, 2.75) is 12.7 Å². The molecular weight excluding hydrogens is 505 g/mol. The fourth-order valence-corrected chi connectivity index (χ4v) is 3.49. The Morgan fingerprint density at radius 3 is 2.56 bits per heavy atom. The maximum absolute atomic E-state index is 13.2. The summed E-state index contributed by atoms with van der Waals surface area (Å²) in [5.41, 5.74) is -2.76. The predicted molar refractivity (Wildman–Crippen MR) is 122 cm³/mol. The molecule has 3 heterocycles. The van der Waals surface area contributed by atoms with Gasteiger partial charge in [-0.2, -0.15) is 13.2 Å². The quantitative estimate of drug-likeness (QED) is 0.406. The van der Waals surface area contributed by atoms with Crippen molar-refractivity contribution >= 4 is 34.7 Å². The number of halogens is 4. The van der Waals surface area contributed by atoms with Gasteiger partial charge >= 0.3 is 12.1 Å². The van der Waals surface area contributed by atoms with E-state index in [1.54, 1.807) is 24.3 Å². The second-order valence-electron chi connectivity index (χ2n) is 7.40. The van der Waals surface area contributed by atoms with Crippen molar-refractivity contribution in [1.29, 1.82) is 0 Å². The molecule has 0 atom stereocenters. The maximum atomic E-state index is 13.2. The molecule has 0 spiro atoms. The smallest absolute Gasteiger partial charge is 0.413 e. The van der Waals surface area contributed by atoms with Gasteiger partial charge in [0.1, 0.15) is 5.69 Å². The third-order valence-electron chi connectivity index (χ3n) is 4.90. The number of carbonyl (C=O) groups excluding carboxylic acids is 2. The number of carbonyl (C=O) groups is 2. The van der Waals surface area contributed by atoms with Gasteiger partial charge in [-0.05, 0) is 29.8 Å². The summed E-state index contributed by atoms with van der Waals surface area (Å²) < 4.78 is 45.3. The van der Waals surface area contributed by atoms with Crippen LogP contribution in [0.1, 0.15) is 15.9 Å². The molecule has 0 saturated heterocycles. The van der Waals surface area contributed by atoms with Crippen LogP contribution in [0.4, 0.5) is 18.9 Å². The van der Waals surface area contributed by atoms with Crippen LogP contribution in [-0.2, 0) is 11.3 Å². The zero-order valence-electron chi connectivity index (χ0n) is 18.0. The van der Waals surface area contributed by atoms with Gasteiger partial charge in [-0.15, -0.1) is 0 Å². The van der Waals surface area contributed by atoms with E-state index in [0.29, 0.717) is 10.6 Å². The Morgan fingerprint density at radius 2 is 1.89 bits per heavy atom. The molecule has 13 heteroatoms. The van der Waals surface area contributed by atoms with Crippen molar-refractivity contribution in [2.24, 2.45) is 0 Å². The highest BCUT2D eigenvalue weighted by Gasteiger charge is 2.42. The van der Waals surface area contributed by atoms with Crippen LogP contribution in [0, 0.1) is 0 Å². The van der Waals surface area contributed by atoms with E-state index in [9.17, 15) is 32.3 Å². The number of fused-ring (bicyclic) bond motifs is 1. The molecule has 0 aliphatic heterocycles. The number of rotatable bonds is 5. The Kier molecular flexibility index (Phi) is 6.62. The van der Waals surface area contributed by atoms with E-state index in [1.807, 2.05) is 0 Å². The number of ether oxygens (including phenoxy) is 1. The van der Waals surface area contributed by atoms with E-state index in [0.717, 1.165) is 15.2 Å². The zero-order chi connectivity index (χ0) is 26.0. The third-order valence-corrected chi connectivity index (χ3v) is 5.14. The van der Waals surface area contributed by atoms with E-state index in [-0.39, 0.29) is 12.1 Å². The first-order valence-corrected chi connectivity index (χ1v) is 10.5. The molecule has 184 valence electrons. The Bertz CT molecular complexity index is 1600. The van der Waals surface area contributed by atoms with Crippen molar-refractivity contribution in [3.05, 3.63) is 104 Å². The van der Waals surface area contributed by atoms with E-state index in [2.05, 4.69) is 15.0 Å². The Hall–Kier alpha value is -4.45. The molecular formula is C23H14ClF3N4O5. The highest BCUT2D eigenvalue weighted by molar-refractivity contribution is 6.30. The van der Waals surface area contributed by atoms with E-state index >= 15 is 0 Å². The molecule has 1 amide bonds. The normalized spacial score (nSPS) is 11.3. The van der Waals surface area contributed by atoms with E-state index in [4.69, 9.17) is 11.6 Å². The molecule has 0 radical (unpaired) electrons. The summed E-state index contributed by atoms with van der Waals surface area (Å²) in [4.78, 5) is 54.1. The molecule has 3 aromatic heterocycles. The molecule has 0 bridgehead atoms. The van der Waals surface area contributed by atoms with Crippen LogP contribution >= 0.6 is 11.6 Å². The largest absolute Gasteiger partial charge is 0.491 e. The lowest BCUT2D eigenvalue weighted by molar-refractivity contribution is -0.189. The highest BCUT2D eigenvalue weighted by atomic mass is 35.5. The number of hydrogen-bond acceptors (Lipinski definition) is 6. The summed E-state index contributed by atoms with van der Waals surface area (Å²) in [6, 6.07) is 9.34. The SMILES string of the molecule is O=C(Nc1cn2ccn(Cc3cccc(Cl)c3)c(=O)c2c(OC(=O)C(F)(F)F)c1=O)c1cccnc1. The van der Waals surface area contributed by atoms with Crippen LogP contribution < -0.4 is 21.0 Å². The molecule has 9 nitrogen and oxygen atoms in total. The number of nitrogens with one attached hydrogen (secondary N) is 1. The molecule has 1 aromatic carbocycles. The van der Waals surface area contributed by atoms with Crippen molar-refractivity contribution in [3.8, 4) is 5.75 Å². The lowest BCUT2D eigenvalue weighted by atomic mass is 10.2. The maximum Gasteiger partial charge on any atom is 0.491 e. The van der Waals surface area contributed by atoms with Gasteiger partial charge in [0.25, 0.3) is 11.5 Å². The van der Waals surface area contributed by atoms with Crippen molar-refractivity contribution in [1.82, 2.24) is 14.0 Å². The lowest BCUT2D eigenvalue weighted by Crippen LogP contribution is -2.33. The van der Waals surface area contributed by atoms with Crippen LogP contribution in [0.25, 0.3) is 5.52 Å². The van der Waals surface area contributed by atoms with Crippen molar-refractivity contribution in [3.63, 3.8) is 0 Å². The number of benzene rings is 1. The van der Waals surface area contributed by atoms with E-state index in [1.165, 1.54) is 36.9 Å². The number of anilines is 1. The molecule has 0 saturated carbocycles. The van der Waals surface area contributed by atoms with Crippen LogP contribution in [0.15, 0.2) is 77.0 Å². The Balaban J connectivity index is 1.86. The summed E-state index contributed by atoms with van der Waals surface area (Å²) in [5, 5.41) is 2.64. The highest BCUT2D eigenvalue weighted by Crippen LogP contribution is 2.22. The second-order valence-corrected chi connectivity index (χ2v) is 7.84. The minimum atomic E-state index is -5.45. The summed E-state index contributed by atoms with van der Waals surface area (Å²) in [6.07, 6.45) is 0.751. The van der Waals surface area contributed by atoms with Crippen LogP contribution in [0.3, 0.4) is 0 Å². The zero-order valence-corrected chi connectivity index (χ0v) is 18.7. The number of hydrogen-bond donors (Lipinski definition) is 1. The predicted octanol–water partition coefficient (Wildman–Crippen LogP) is 3.28. The Labute approximate surface area is 204 Å². The number of alkyl halides is 3. The van der Waals surface area contributed by atoms with Gasteiger partial charge in [-0.3, -0.25) is 19.4 Å². The average molecular weight is 519 g/mol. The first-order valence-electron chi connectivity index (χ1n) is 10.1. The lowest BCUT2D eigenvalue weighted by Gasteiger charge is -2.14. The van der Waals surface area contributed by atoms with Crippen molar-refractivity contribution in [2.75, 3.05) is 5.32 Å². The summed E-state index contributed by atoms with van der Waals surface area (Å²) in [5.74, 6) is -4.70. The number of aromatic nitrogens is 3. The fraction of sp³-hybridized carbons (Fsp3) is 0.0870. The minimum absolute atomic E-state index is 0.0454. The molecule has 0 aliphatic carbocycles. The summed E-state index contributed by atoms with van der Waals surface area (Å²) in [6.45, 7) is -0.0454. The fourth-order valence-electron chi connectivity index (χ4n) is 3.27.